The van der Waals surface area contributed by atoms with Crippen LogP contribution < -0.4 is 14.8 Å². The summed E-state index contributed by atoms with van der Waals surface area (Å²) in [6.07, 6.45) is 2.31. The van der Waals surface area contributed by atoms with Crippen molar-refractivity contribution in [2.45, 2.75) is 52.1 Å². The second kappa shape index (κ2) is 13.3. The number of hydrogen-bond acceptors (Lipinski definition) is 4. The van der Waals surface area contributed by atoms with Crippen LogP contribution in [0.3, 0.4) is 0 Å². The van der Waals surface area contributed by atoms with E-state index in [1.807, 2.05) is 68.4 Å². The number of ether oxygens (including phenoxy) is 2. The average molecular weight is 427 g/mol. The maximum Gasteiger partial charge on any atom is 0.242 e. The molecule has 0 spiro atoms. The number of nitrogens with one attached hydrogen (secondary N) is 1. The lowest BCUT2D eigenvalue weighted by Crippen LogP contribution is -2.49. The van der Waals surface area contributed by atoms with Gasteiger partial charge in [-0.1, -0.05) is 44.2 Å². The van der Waals surface area contributed by atoms with Gasteiger partial charge in [-0.05, 0) is 49.1 Å². The first-order chi connectivity index (χ1) is 15.1. The van der Waals surface area contributed by atoms with Crippen LogP contribution in [0.5, 0.6) is 11.5 Å². The topological polar surface area (TPSA) is 67.9 Å². The maximum atomic E-state index is 13.1. The minimum atomic E-state index is -0.504. The smallest absolute Gasteiger partial charge is 0.242 e. The molecule has 168 valence electrons. The van der Waals surface area contributed by atoms with Crippen molar-refractivity contribution < 1.29 is 19.1 Å². The molecule has 0 saturated heterocycles. The first-order valence-electron chi connectivity index (χ1n) is 11.0. The van der Waals surface area contributed by atoms with Crippen molar-refractivity contribution in [3.63, 3.8) is 0 Å². The van der Waals surface area contributed by atoms with E-state index in [1.54, 1.807) is 12.0 Å². The Hall–Kier alpha value is -3.02. The number of benzene rings is 2. The molecular formula is C25H34N2O4. The van der Waals surface area contributed by atoms with Gasteiger partial charge in [-0.2, -0.15) is 0 Å². The molecule has 1 N–H and O–H groups in total. The molecule has 0 unspecified atom stereocenters. The Bertz CT molecular complexity index is 793. The van der Waals surface area contributed by atoms with Gasteiger partial charge in [0.15, 0.2) is 0 Å². The molecule has 0 aliphatic rings. The Morgan fingerprint density at radius 1 is 1.00 bits per heavy atom. The van der Waals surface area contributed by atoms with Crippen LogP contribution in [0.1, 0.15) is 45.1 Å². The van der Waals surface area contributed by atoms with E-state index in [2.05, 4.69) is 5.32 Å². The Morgan fingerprint density at radius 2 is 1.71 bits per heavy atom. The van der Waals surface area contributed by atoms with Crippen LogP contribution in [-0.4, -0.2) is 43.0 Å². The molecule has 6 heteroatoms. The van der Waals surface area contributed by atoms with E-state index in [1.165, 1.54) is 0 Å². The Morgan fingerprint density at radius 3 is 2.32 bits per heavy atom. The highest BCUT2D eigenvalue weighted by atomic mass is 16.5. The van der Waals surface area contributed by atoms with Gasteiger partial charge in [0, 0.05) is 19.5 Å². The Labute approximate surface area is 185 Å². The molecule has 2 rings (SSSR count). The fourth-order valence-corrected chi connectivity index (χ4v) is 3.29. The van der Waals surface area contributed by atoms with Crippen molar-refractivity contribution in [2.24, 2.45) is 0 Å². The lowest BCUT2D eigenvalue weighted by Gasteiger charge is -2.30. The van der Waals surface area contributed by atoms with Gasteiger partial charge in [0.1, 0.15) is 17.5 Å². The van der Waals surface area contributed by atoms with Gasteiger partial charge in [0.05, 0.1) is 13.7 Å². The fourth-order valence-electron chi connectivity index (χ4n) is 3.29. The summed E-state index contributed by atoms with van der Waals surface area (Å²) in [4.78, 5) is 27.6. The minimum absolute atomic E-state index is 0.0500. The zero-order valence-electron chi connectivity index (χ0n) is 18.8. The maximum absolute atomic E-state index is 13.1. The number of rotatable bonds is 13. The number of carbonyl (C=O) groups is 2. The SMILES string of the molecule is CCCNC(=O)[C@@H](CC)N(Cc1ccc(OC)cc1)C(=O)CCCOc1ccccc1. The zero-order valence-corrected chi connectivity index (χ0v) is 18.8. The molecule has 0 heterocycles. The Balaban J connectivity index is 2.04. The summed E-state index contributed by atoms with van der Waals surface area (Å²) in [7, 11) is 1.62. The molecule has 0 saturated carbocycles. The summed E-state index contributed by atoms with van der Waals surface area (Å²) >= 11 is 0. The number of para-hydroxylation sites is 1. The number of methoxy groups -OCH3 is 1. The third-order valence-electron chi connectivity index (χ3n) is 4.99. The predicted molar refractivity (Wildman–Crippen MR) is 122 cm³/mol. The standard InChI is InChI=1S/C25H34N2O4/c1-4-17-26-25(29)23(5-2)27(19-20-13-15-21(30-3)16-14-20)24(28)12-9-18-31-22-10-7-6-8-11-22/h6-8,10-11,13-16,23H,4-5,9,12,17-19H2,1-3H3,(H,26,29)/t23-/m1/s1. The zero-order chi connectivity index (χ0) is 22.5. The van der Waals surface area contributed by atoms with Gasteiger partial charge in [0.25, 0.3) is 0 Å². The van der Waals surface area contributed by atoms with E-state index in [4.69, 9.17) is 9.47 Å². The van der Waals surface area contributed by atoms with Crippen LogP contribution in [0.2, 0.25) is 0 Å². The van der Waals surface area contributed by atoms with Gasteiger partial charge in [-0.25, -0.2) is 0 Å². The van der Waals surface area contributed by atoms with Crippen molar-refractivity contribution in [3.8, 4) is 11.5 Å². The van der Waals surface area contributed by atoms with E-state index < -0.39 is 6.04 Å². The highest BCUT2D eigenvalue weighted by Crippen LogP contribution is 2.17. The van der Waals surface area contributed by atoms with Gasteiger partial charge in [0.2, 0.25) is 11.8 Å². The van der Waals surface area contributed by atoms with Gasteiger partial charge in [-0.15, -0.1) is 0 Å². The van der Waals surface area contributed by atoms with Crippen molar-refractivity contribution >= 4 is 11.8 Å². The second-order valence-electron chi connectivity index (χ2n) is 7.35. The highest BCUT2D eigenvalue weighted by Gasteiger charge is 2.28. The van der Waals surface area contributed by atoms with Crippen LogP contribution >= 0.6 is 0 Å². The van der Waals surface area contributed by atoms with Crippen LogP contribution in [0.25, 0.3) is 0 Å². The highest BCUT2D eigenvalue weighted by molar-refractivity contribution is 5.87. The number of nitrogens with zero attached hydrogens (tertiary/aromatic N) is 1. The molecule has 0 fully saturated rings. The Kier molecular flexibility index (Phi) is 10.4. The molecule has 0 aliphatic heterocycles. The third-order valence-corrected chi connectivity index (χ3v) is 4.99. The molecule has 6 nitrogen and oxygen atoms in total. The normalized spacial score (nSPS) is 11.5. The molecule has 31 heavy (non-hydrogen) atoms. The summed E-state index contributed by atoms with van der Waals surface area (Å²) < 4.78 is 10.9. The van der Waals surface area contributed by atoms with Gasteiger partial charge >= 0.3 is 0 Å². The molecule has 0 bridgehead atoms. The molecule has 2 aromatic carbocycles. The summed E-state index contributed by atoms with van der Waals surface area (Å²) in [5.41, 5.74) is 0.955. The lowest BCUT2D eigenvalue weighted by atomic mass is 10.1. The summed E-state index contributed by atoms with van der Waals surface area (Å²) in [5.74, 6) is 1.39. The first-order valence-corrected chi connectivity index (χ1v) is 11.0. The minimum Gasteiger partial charge on any atom is -0.497 e. The van der Waals surface area contributed by atoms with Crippen LogP contribution in [0.15, 0.2) is 54.6 Å². The quantitative estimate of drug-likeness (QED) is 0.488. The monoisotopic (exact) mass is 426 g/mol. The molecule has 0 aliphatic carbocycles. The molecule has 2 amide bonds. The van der Waals surface area contributed by atoms with Gasteiger partial charge in [-0.3, -0.25) is 9.59 Å². The van der Waals surface area contributed by atoms with Gasteiger partial charge < -0.3 is 19.7 Å². The van der Waals surface area contributed by atoms with Crippen LogP contribution in [-0.2, 0) is 16.1 Å². The first kappa shape index (κ1) is 24.3. The largest absolute Gasteiger partial charge is 0.497 e. The molecule has 0 aromatic heterocycles. The molecule has 0 radical (unpaired) electrons. The van der Waals surface area contributed by atoms with E-state index in [0.717, 1.165) is 23.5 Å². The molecule has 2 aromatic rings. The number of hydrogen-bond donors (Lipinski definition) is 1. The van der Waals surface area contributed by atoms with Crippen molar-refractivity contribution in [3.05, 3.63) is 60.2 Å². The van der Waals surface area contributed by atoms with E-state index >= 15 is 0 Å². The summed E-state index contributed by atoms with van der Waals surface area (Å²) in [6, 6.07) is 16.6. The van der Waals surface area contributed by atoms with Crippen molar-refractivity contribution in [1.29, 1.82) is 0 Å². The average Bonchev–Trinajstić information content (AvgIpc) is 2.81. The predicted octanol–water partition coefficient (Wildman–Crippen LogP) is 4.19. The molecule has 1 atom stereocenters. The second-order valence-corrected chi connectivity index (χ2v) is 7.35. The molecular weight excluding hydrogens is 392 g/mol. The van der Waals surface area contributed by atoms with Crippen LogP contribution in [0.4, 0.5) is 0 Å². The fraction of sp³-hybridized carbons (Fsp3) is 0.440. The summed E-state index contributed by atoms with van der Waals surface area (Å²) in [6.45, 7) is 5.37. The number of carbonyl (C=O) groups excluding carboxylic acids is 2. The van der Waals surface area contributed by atoms with Crippen molar-refractivity contribution in [2.75, 3.05) is 20.3 Å². The van der Waals surface area contributed by atoms with Crippen molar-refractivity contribution in [1.82, 2.24) is 10.2 Å². The third kappa shape index (κ3) is 7.96. The van der Waals surface area contributed by atoms with E-state index in [-0.39, 0.29) is 11.8 Å². The summed E-state index contributed by atoms with van der Waals surface area (Å²) in [5, 5.41) is 2.93. The lowest BCUT2D eigenvalue weighted by molar-refractivity contribution is -0.141. The van der Waals surface area contributed by atoms with E-state index in [0.29, 0.717) is 39.0 Å². The van der Waals surface area contributed by atoms with E-state index in [9.17, 15) is 9.59 Å². The number of amides is 2. The van der Waals surface area contributed by atoms with Crippen LogP contribution in [0, 0.1) is 0 Å².